The summed E-state index contributed by atoms with van der Waals surface area (Å²) in [5.74, 6) is 0.198. The van der Waals surface area contributed by atoms with Gasteiger partial charge in [0, 0.05) is 13.2 Å². The SMILES string of the molecule is CCCC(CCO)CNS(=O)(=O)c1ccc2c(c1)CCC2. The zero-order valence-corrected chi connectivity index (χ0v) is 13.5. The number of fused-ring (bicyclic) bond motifs is 1. The number of hydrogen-bond donors (Lipinski definition) is 2. The van der Waals surface area contributed by atoms with Gasteiger partial charge in [0.05, 0.1) is 4.90 Å². The number of aliphatic hydroxyl groups excluding tert-OH is 1. The summed E-state index contributed by atoms with van der Waals surface area (Å²) in [4.78, 5) is 0.363. The van der Waals surface area contributed by atoms with Crippen molar-refractivity contribution in [3.05, 3.63) is 29.3 Å². The first-order valence-electron chi connectivity index (χ1n) is 7.79. The first kappa shape index (κ1) is 16.5. The van der Waals surface area contributed by atoms with Crippen molar-refractivity contribution in [1.82, 2.24) is 4.72 Å². The average molecular weight is 311 g/mol. The van der Waals surface area contributed by atoms with E-state index >= 15 is 0 Å². The number of nitrogens with one attached hydrogen (secondary N) is 1. The Morgan fingerprint density at radius 3 is 2.71 bits per heavy atom. The van der Waals surface area contributed by atoms with Crippen LogP contribution in [0.5, 0.6) is 0 Å². The fourth-order valence-corrected chi connectivity index (χ4v) is 4.13. The van der Waals surface area contributed by atoms with Gasteiger partial charge in [-0.2, -0.15) is 0 Å². The lowest BCUT2D eigenvalue weighted by atomic mass is 10.0. The van der Waals surface area contributed by atoms with Gasteiger partial charge in [-0.15, -0.1) is 0 Å². The van der Waals surface area contributed by atoms with Gasteiger partial charge in [-0.25, -0.2) is 13.1 Å². The molecule has 2 N–H and O–H groups in total. The van der Waals surface area contributed by atoms with Crippen LogP contribution in [0.4, 0.5) is 0 Å². The van der Waals surface area contributed by atoms with E-state index in [1.54, 1.807) is 6.07 Å². The number of aliphatic hydroxyl groups is 1. The molecule has 0 bridgehead atoms. The molecule has 21 heavy (non-hydrogen) atoms. The van der Waals surface area contributed by atoms with Crippen LogP contribution in [0, 0.1) is 5.92 Å². The van der Waals surface area contributed by atoms with Gasteiger partial charge in [0.1, 0.15) is 0 Å². The highest BCUT2D eigenvalue weighted by atomic mass is 32.2. The van der Waals surface area contributed by atoms with E-state index < -0.39 is 10.0 Å². The molecule has 0 saturated carbocycles. The van der Waals surface area contributed by atoms with Crippen molar-refractivity contribution in [1.29, 1.82) is 0 Å². The largest absolute Gasteiger partial charge is 0.396 e. The Hall–Kier alpha value is -0.910. The molecule has 118 valence electrons. The van der Waals surface area contributed by atoms with Crippen molar-refractivity contribution in [2.75, 3.05) is 13.2 Å². The average Bonchev–Trinajstić information content (AvgIpc) is 2.92. The summed E-state index contributed by atoms with van der Waals surface area (Å²) >= 11 is 0. The molecule has 1 unspecified atom stereocenters. The van der Waals surface area contributed by atoms with Crippen molar-refractivity contribution < 1.29 is 13.5 Å². The van der Waals surface area contributed by atoms with Crippen molar-refractivity contribution in [2.45, 2.75) is 50.3 Å². The van der Waals surface area contributed by atoms with E-state index in [-0.39, 0.29) is 12.5 Å². The van der Waals surface area contributed by atoms with Crippen LogP contribution >= 0.6 is 0 Å². The molecule has 0 amide bonds. The normalized spacial score (nSPS) is 15.9. The maximum atomic E-state index is 12.4. The maximum Gasteiger partial charge on any atom is 0.240 e. The molecular weight excluding hydrogens is 286 g/mol. The Balaban J connectivity index is 2.04. The molecule has 1 atom stereocenters. The Labute approximate surface area is 127 Å². The van der Waals surface area contributed by atoms with E-state index in [9.17, 15) is 8.42 Å². The van der Waals surface area contributed by atoms with Gasteiger partial charge in [-0.3, -0.25) is 0 Å². The smallest absolute Gasteiger partial charge is 0.240 e. The Morgan fingerprint density at radius 1 is 1.24 bits per heavy atom. The van der Waals surface area contributed by atoms with Gasteiger partial charge in [-0.1, -0.05) is 19.4 Å². The first-order valence-corrected chi connectivity index (χ1v) is 9.27. The van der Waals surface area contributed by atoms with Crippen molar-refractivity contribution in [3.8, 4) is 0 Å². The lowest BCUT2D eigenvalue weighted by molar-refractivity contribution is 0.251. The molecule has 0 aliphatic heterocycles. The molecule has 5 heteroatoms. The Bertz CT molecular complexity index is 563. The second-order valence-electron chi connectivity index (χ2n) is 5.80. The zero-order valence-electron chi connectivity index (χ0n) is 12.6. The van der Waals surface area contributed by atoms with Crippen LogP contribution in [0.3, 0.4) is 0 Å². The van der Waals surface area contributed by atoms with Gasteiger partial charge in [0.15, 0.2) is 0 Å². The molecule has 0 saturated heterocycles. The van der Waals surface area contributed by atoms with Crippen molar-refractivity contribution in [3.63, 3.8) is 0 Å². The number of benzene rings is 1. The first-order chi connectivity index (χ1) is 10.1. The van der Waals surface area contributed by atoms with Gasteiger partial charge in [0.2, 0.25) is 10.0 Å². The van der Waals surface area contributed by atoms with E-state index in [1.807, 2.05) is 12.1 Å². The summed E-state index contributed by atoms with van der Waals surface area (Å²) < 4.78 is 27.4. The number of sulfonamides is 1. The van der Waals surface area contributed by atoms with Crippen LogP contribution in [0.1, 0.15) is 43.7 Å². The molecule has 4 nitrogen and oxygen atoms in total. The van der Waals surface area contributed by atoms with Gasteiger partial charge in [-0.05, 0) is 61.3 Å². The van der Waals surface area contributed by atoms with E-state index in [0.29, 0.717) is 17.9 Å². The minimum absolute atomic E-state index is 0.102. The minimum Gasteiger partial charge on any atom is -0.396 e. The molecule has 0 fully saturated rings. The Kier molecular flexibility index (Phi) is 5.79. The van der Waals surface area contributed by atoms with Crippen molar-refractivity contribution >= 4 is 10.0 Å². The van der Waals surface area contributed by atoms with Crippen LogP contribution in [0.25, 0.3) is 0 Å². The lowest BCUT2D eigenvalue weighted by Gasteiger charge is -2.16. The Morgan fingerprint density at radius 2 is 2.00 bits per heavy atom. The predicted octanol–water partition coefficient (Wildman–Crippen LogP) is 2.25. The van der Waals surface area contributed by atoms with Crippen LogP contribution in [-0.2, 0) is 22.9 Å². The summed E-state index contributed by atoms with van der Waals surface area (Å²) in [5, 5.41) is 9.04. The highest BCUT2D eigenvalue weighted by Crippen LogP contribution is 2.24. The summed E-state index contributed by atoms with van der Waals surface area (Å²) in [5.41, 5.74) is 2.44. The number of aryl methyl sites for hydroxylation is 2. The molecule has 0 radical (unpaired) electrons. The minimum atomic E-state index is -3.45. The molecule has 2 rings (SSSR count). The molecule has 1 aromatic rings. The summed E-state index contributed by atoms with van der Waals surface area (Å²) in [7, 11) is -3.45. The topological polar surface area (TPSA) is 66.4 Å². The highest BCUT2D eigenvalue weighted by Gasteiger charge is 2.19. The van der Waals surface area contributed by atoms with Gasteiger partial charge >= 0.3 is 0 Å². The van der Waals surface area contributed by atoms with Crippen LogP contribution in [0.15, 0.2) is 23.1 Å². The molecule has 0 heterocycles. The third kappa shape index (κ3) is 4.28. The number of hydrogen-bond acceptors (Lipinski definition) is 3. The summed E-state index contributed by atoms with van der Waals surface area (Å²) in [6.07, 6.45) is 5.69. The monoisotopic (exact) mass is 311 g/mol. The third-order valence-electron chi connectivity index (χ3n) is 4.18. The van der Waals surface area contributed by atoms with Crippen LogP contribution in [0.2, 0.25) is 0 Å². The highest BCUT2D eigenvalue weighted by molar-refractivity contribution is 7.89. The van der Waals surface area contributed by atoms with Crippen molar-refractivity contribution in [2.24, 2.45) is 5.92 Å². The standard InChI is InChI=1S/C16H25NO3S/c1-2-4-13(9-10-18)12-17-21(19,20)16-8-7-14-5-3-6-15(14)11-16/h7-8,11,13,17-18H,2-6,9-10,12H2,1H3. The fraction of sp³-hybridized carbons (Fsp3) is 0.625. The summed E-state index contributed by atoms with van der Waals surface area (Å²) in [6.45, 7) is 2.57. The zero-order chi connectivity index (χ0) is 15.3. The summed E-state index contributed by atoms with van der Waals surface area (Å²) in [6, 6.07) is 5.45. The molecule has 0 spiro atoms. The van der Waals surface area contributed by atoms with E-state index in [1.165, 1.54) is 11.1 Å². The molecule has 0 aromatic heterocycles. The lowest BCUT2D eigenvalue weighted by Crippen LogP contribution is -2.30. The van der Waals surface area contributed by atoms with Gasteiger partial charge < -0.3 is 5.11 Å². The van der Waals surface area contributed by atoms with E-state index in [2.05, 4.69) is 11.6 Å². The van der Waals surface area contributed by atoms with E-state index in [0.717, 1.165) is 32.1 Å². The molecule has 1 aliphatic rings. The second-order valence-corrected chi connectivity index (χ2v) is 7.57. The quantitative estimate of drug-likeness (QED) is 0.774. The molecule has 1 aromatic carbocycles. The second kappa shape index (κ2) is 7.38. The molecular formula is C16H25NO3S. The third-order valence-corrected chi connectivity index (χ3v) is 5.60. The fourth-order valence-electron chi connectivity index (χ4n) is 2.97. The van der Waals surface area contributed by atoms with E-state index in [4.69, 9.17) is 5.11 Å². The van der Waals surface area contributed by atoms with Crippen LogP contribution < -0.4 is 4.72 Å². The molecule has 1 aliphatic carbocycles. The number of rotatable bonds is 8. The van der Waals surface area contributed by atoms with Crippen LogP contribution in [-0.4, -0.2) is 26.7 Å². The predicted molar refractivity (Wildman–Crippen MR) is 83.8 cm³/mol. The maximum absolute atomic E-state index is 12.4. The van der Waals surface area contributed by atoms with Gasteiger partial charge in [0.25, 0.3) is 0 Å².